The van der Waals surface area contributed by atoms with Crippen LogP contribution in [0.5, 0.6) is 0 Å². The standard InChI is InChI=1S/C42H64N2/c1-9-14-19-22-34-29-37(30-35(23-20-15-10-2)38(34)26-21-16-11-3)42-40(25-18-13-5)39(24-17-12-4)41(44(42)43)36-27-31(6)33(8)32(7)28-36/h27-30H,9-26H2,1-8H3. The van der Waals surface area contributed by atoms with Crippen LogP contribution < -0.4 is 0 Å². The third-order valence-electron chi connectivity index (χ3n) is 9.96. The smallest absolute Gasteiger partial charge is 0.211 e. The van der Waals surface area contributed by atoms with E-state index in [4.69, 9.17) is 0 Å². The minimum Gasteiger partial charge on any atom is -0.493 e. The van der Waals surface area contributed by atoms with Crippen molar-refractivity contribution in [3.63, 3.8) is 0 Å². The first-order chi connectivity index (χ1) is 21.3. The van der Waals surface area contributed by atoms with Gasteiger partial charge in [-0.2, -0.15) is 0 Å². The molecule has 0 spiro atoms. The Balaban J connectivity index is 2.26. The number of hydrogen-bond acceptors (Lipinski definition) is 0. The van der Waals surface area contributed by atoms with Crippen molar-refractivity contribution in [2.24, 2.45) is 0 Å². The van der Waals surface area contributed by atoms with E-state index in [1.54, 1.807) is 21.4 Å². The Bertz CT molecular complexity index is 1250. The molecule has 1 aliphatic rings. The van der Waals surface area contributed by atoms with E-state index in [-0.39, 0.29) is 0 Å². The zero-order valence-corrected chi connectivity index (χ0v) is 29.9. The number of rotatable bonds is 20. The molecule has 2 aromatic rings. The highest BCUT2D eigenvalue weighted by Gasteiger charge is 2.36. The molecule has 1 aliphatic heterocycles. The van der Waals surface area contributed by atoms with Gasteiger partial charge in [0.2, 0.25) is 11.4 Å². The summed E-state index contributed by atoms with van der Waals surface area (Å²) >= 11 is 0. The molecule has 0 fully saturated rings. The lowest BCUT2D eigenvalue weighted by atomic mass is 9.86. The van der Waals surface area contributed by atoms with E-state index < -0.39 is 0 Å². The molecule has 0 N–H and O–H groups in total. The summed E-state index contributed by atoms with van der Waals surface area (Å²) in [5.41, 5.74) is 28.2. The van der Waals surface area contributed by atoms with Crippen molar-refractivity contribution in [1.29, 1.82) is 0 Å². The van der Waals surface area contributed by atoms with Crippen molar-refractivity contribution in [1.82, 2.24) is 0 Å². The second kappa shape index (κ2) is 18.5. The van der Waals surface area contributed by atoms with Crippen LogP contribution in [-0.2, 0) is 19.3 Å². The average Bonchev–Trinajstić information content (AvgIpc) is 3.28. The largest absolute Gasteiger partial charge is 0.493 e. The van der Waals surface area contributed by atoms with E-state index in [9.17, 15) is 5.53 Å². The van der Waals surface area contributed by atoms with Crippen LogP contribution in [0.25, 0.3) is 16.9 Å². The van der Waals surface area contributed by atoms with Crippen LogP contribution in [0.2, 0.25) is 0 Å². The quantitative estimate of drug-likeness (QED) is 0.107. The van der Waals surface area contributed by atoms with Crippen molar-refractivity contribution in [2.45, 2.75) is 171 Å². The minimum absolute atomic E-state index is 1.01. The molecule has 0 radical (unpaired) electrons. The summed E-state index contributed by atoms with van der Waals surface area (Å²) < 4.78 is 1.62. The van der Waals surface area contributed by atoms with Gasteiger partial charge in [-0.15, -0.1) is 0 Å². The first-order valence-electron chi connectivity index (χ1n) is 18.5. The van der Waals surface area contributed by atoms with Crippen molar-refractivity contribution in [3.8, 4) is 0 Å². The molecule has 0 saturated carbocycles. The van der Waals surface area contributed by atoms with Gasteiger partial charge in [-0.25, -0.2) is 4.70 Å². The van der Waals surface area contributed by atoms with Crippen molar-refractivity contribution in [2.75, 3.05) is 0 Å². The number of allylic oxidation sites excluding steroid dienone is 2. The molecule has 2 nitrogen and oxygen atoms in total. The molecule has 242 valence electrons. The molecule has 3 rings (SSSR count). The number of benzene rings is 2. The zero-order chi connectivity index (χ0) is 32.1. The fourth-order valence-electron chi connectivity index (χ4n) is 7.05. The van der Waals surface area contributed by atoms with Gasteiger partial charge in [0.25, 0.3) is 0 Å². The molecule has 0 amide bonds. The summed E-state index contributed by atoms with van der Waals surface area (Å²) in [7, 11) is 0. The van der Waals surface area contributed by atoms with E-state index in [1.165, 1.54) is 97.6 Å². The van der Waals surface area contributed by atoms with Crippen molar-refractivity contribution < 1.29 is 4.70 Å². The number of aryl methyl sites for hydroxylation is 4. The van der Waals surface area contributed by atoms with Crippen LogP contribution in [0.3, 0.4) is 0 Å². The Morgan fingerprint density at radius 3 is 1.27 bits per heavy atom. The third-order valence-corrected chi connectivity index (χ3v) is 9.96. The molecule has 0 aliphatic carbocycles. The molecule has 0 saturated heterocycles. The van der Waals surface area contributed by atoms with Crippen molar-refractivity contribution in [3.05, 3.63) is 85.5 Å². The molecule has 0 aromatic heterocycles. The molecule has 0 bridgehead atoms. The second-order valence-electron chi connectivity index (χ2n) is 13.6. The number of hydrogen-bond donors (Lipinski definition) is 0. The second-order valence-corrected chi connectivity index (χ2v) is 13.6. The molecule has 0 unspecified atom stereocenters. The predicted molar refractivity (Wildman–Crippen MR) is 193 cm³/mol. The molecule has 2 heteroatoms. The van der Waals surface area contributed by atoms with Gasteiger partial charge >= 0.3 is 0 Å². The summed E-state index contributed by atoms with van der Waals surface area (Å²) in [4.78, 5) is 0. The van der Waals surface area contributed by atoms with E-state index in [1.807, 2.05) is 0 Å². The Morgan fingerprint density at radius 1 is 0.477 bits per heavy atom. The van der Waals surface area contributed by atoms with Gasteiger partial charge < -0.3 is 5.53 Å². The Hall–Kier alpha value is -2.48. The third kappa shape index (κ3) is 9.04. The fraction of sp³-hybridized carbons (Fsp3) is 0.619. The van der Waals surface area contributed by atoms with Gasteiger partial charge in [-0.1, -0.05) is 86.0 Å². The van der Waals surface area contributed by atoms with Gasteiger partial charge in [0.15, 0.2) is 0 Å². The van der Waals surface area contributed by atoms with Gasteiger partial charge in [0, 0.05) is 22.3 Å². The monoisotopic (exact) mass is 597 g/mol. The molecule has 2 aromatic carbocycles. The van der Waals surface area contributed by atoms with Crippen LogP contribution in [0.4, 0.5) is 0 Å². The topological polar surface area (TPSA) is 25.3 Å². The highest BCUT2D eigenvalue weighted by atomic mass is 15.2. The summed E-state index contributed by atoms with van der Waals surface area (Å²) in [5, 5.41) is 0. The van der Waals surface area contributed by atoms with Gasteiger partial charge in [0.1, 0.15) is 0 Å². The molecule has 1 heterocycles. The molecule has 0 atom stereocenters. The van der Waals surface area contributed by atoms with Gasteiger partial charge in [0.05, 0.1) is 0 Å². The Labute approximate surface area is 271 Å². The summed E-state index contributed by atoms with van der Waals surface area (Å²) in [6, 6.07) is 9.60. The highest BCUT2D eigenvalue weighted by molar-refractivity contribution is 5.83. The molecule has 44 heavy (non-hydrogen) atoms. The maximum Gasteiger partial charge on any atom is 0.211 e. The van der Waals surface area contributed by atoms with Gasteiger partial charge in [-0.3, -0.25) is 0 Å². The normalized spacial score (nSPS) is 13.6. The van der Waals surface area contributed by atoms with E-state index in [0.717, 1.165) is 68.3 Å². The minimum atomic E-state index is 1.01. The maximum atomic E-state index is 12.3. The summed E-state index contributed by atoms with van der Waals surface area (Å²) in [5.74, 6) is 0. The SMILES string of the molecule is CCCCCc1cc(C2=C(CCCC)C(CCCC)=C(c3cc(C)c(C)c(C)c3)[N+]2=[N-])cc(CCCCC)c1CCCCC. The predicted octanol–water partition coefficient (Wildman–Crippen LogP) is 13.4. The fourth-order valence-corrected chi connectivity index (χ4v) is 7.05. The van der Waals surface area contributed by atoms with E-state index in [2.05, 4.69) is 79.7 Å². The summed E-state index contributed by atoms with van der Waals surface area (Å²) in [6.07, 6.45) is 21.5. The Morgan fingerprint density at radius 2 is 0.864 bits per heavy atom. The van der Waals surface area contributed by atoms with Crippen LogP contribution in [0.1, 0.15) is 175 Å². The lowest BCUT2D eigenvalue weighted by molar-refractivity contribution is -0.345. The first kappa shape index (κ1) is 36.0. The Kier molecular flexibility index (Phi) is 15.1. The van der Waals surface area contributed by atoms with Gasteiger partial charge in [-0.05, 0) is 143 Å². The van der Waals surface area contributed by atoms with E-state index in [0.29, 0.717) is 0 Å². The van der Waals surface area contributed by atoms with Crippen LogP contribution in [-0.4, -0.2) is 4.70 Å². The number of unbranched alkanes of at least 4 members (excludes halogenated alkanes) is 8. The first-order valence-corrected chi connectivity index (χ1v) is 18.5. The summed E-state index contributed by atoms with van der Waals surface area (Å²) in [6.45, 7) is 18.1. The van der Waals surface area contributed by atoms with Crippen LogP contribution >= 0.6 is 0 Å². The average molecular weight is 597 g/mol. The lowest BCUT2D eigenvalue weighted by Crippen LogP contribution is -2.08. The number of nitrogens with zero attached hydrogens (tertiary/aromatic N) is 2. The molecular formula is C42H64N2. The molecular weight excluding hydrogens is 532 g/mol. The van der Waals surface area contributed by atoms with Crippen LogP contribution in [0.15, 0.2) is 35.4 Å². The van der Waals surface area contributed by atoms with E-state index >= 15 is 0 Å². The zero-order valence-electron chi connectivity index (χ0n) is 29.9. The lowest BCUT2D eigenvalue weighted by Gasteiger charge is -2.19. The van der Waals surface area contributed by atoms with Crippen molar-refractivity contribution >= 4 is 11.4 Å². The highest BCUT2D eigenvalue weighted by Crippen LogP contribution is 2.45. The van der Waals surface area contributed by atoms with Crippen LogP contribution in [0, 0.1) is 20.8 Å². The maximum absolute atomic E-state index is 12.3.